The summed E-state index contributed by atoms with van der Waals surface area (Å²) >= 11 is 0. The minimum atomic E-state index is -1.07. The van der Waals surface area contributed by atoms with Gasteiger partial charge < -0.3 is 5.32 Å². The summed E-state index contributed by atoms with van der Waals surface area (Å²) in [7, 11) is 0. The van der Waals surface area contributed by atoms with Gasteiger partial charge in [-0.25, -0.2) is 4.39 Å². The summed E-state index contributed by atoms with van der Waals surface area (Å²) in [5.74, 6) is -1.37. The number of hydrogen-bond acceptors (Lipinski definition) is 3. The fourth-order valence-electron chi connectivity index (χ4n) is 6.36. The van der Waals surface area contributed by atoms with Gasteiger partial charge in [0, 0.05) is 28.8 Å². The average molecular weight is 426 g/mol. The molecule has 5 heteroatoms. The van der Waals surface area contributed by atoms with E-state index in [0.29, 0.717) is 5.56 Å². The highest BCUT2D eigenvalue weighted by molar-refractivity contribution is 6.12. The number of benzene rings is 3. The van der Waals surface area contributed by atoms with Gasteiger partial charge in [0.1, 0.15) is 11.4 Å². The standard InChI is InChI=1S/C27H23FN2O2/c28-19-14-12-18(13-15-19)25(31)24-23(17-7-2-1-3-8-17)22-11-6-16-30(22)27(24)20-9-4-5-10-21(20)29-26(27)32/h1-5,7-10,12-15,22-24H,6,11,16H2,(H,29,32)/t22-,23-,24+,27+/m1/s1. The van der Waals surface area contributed by atoms with Crippen LogP contribution in [0.25, 0.3) is 0 Å². The molecule has 160 valence electrons. The van der Waals surface area contributed by atoms with E-state index in [0.717, 1.165) is 36.2 Å². The molecule has 3 heterocycles. The van der Waals surface area contributed by atoms with Crippen molar-refractivity contribution in [2.75, 3.05) is 11.9 Å². The topological polar surface area (TPSA) is 49.4 Å². The summed E-state index contributed by atoms with van der Waals surface area (Å²) in [6.45, 7) is 0.767. The Bertz CT molecular complexity index is 1210. The molecule has 3 aromatic rings. The Labute approximate surface area is 186 Å². The molecule has 4 atom stereocenters. The number of carbonyl (C=O) groups is 2. The minimum absolute atomic E-state index is 0.0868. The van der Waals surface area contributed by atoms with Crippen molar-refractivity contribution in [3.05, 3.63) is 101 Å². The Hall–Kier alpha value is -3.31. The van der Waals surface area contributed by atoms with Crippen LogP contribution in [0.15, 0.2) is 78.9 Å². The zero-order chi connectivity index (χ0) is 21.9. The molecule has 0 unspecified atom stereocenters. The summed E-state index contributed by atoms with van der Waals surface area (Å²) < 4.78 is 13.6. The summed E-state index contributed by atoms with van der Waals surface area (Å²) in [4.78, 5) is 30.2. The van der Waals surface area contributed by atoms with Gasteiger partial charge in [-0.2, -0.15) is 0 Å². The molecule has 1 spiro atoms. The number of nitrogens with zero attached hydrogens (tertiary/aromatic N) is 1. The van der Waals surface area contributed by atoms with E-state index in [-0.39, 0.29) is 29.5 Å². The second-order valence-electron chi connectivity index (χ2n) is 8.95. The van der Waals surface area contributed by atoms with Crippen molar-refractivity contribution in [2.24, 2.45) is 5.92 Å². The number of ketones is 1. The molecule has 6 rings (SSSR count). The van der Waals surface area contributed by atoms with Gasteiger partial charge >= 0.3 is 0 Å². The molecule has 4 nitrogen and oxygen atoms in total. The van der Waals surface area contributed by atoms with Gasteiger partial charge in [-0.05, 0) is 55.3 Å². The molecule has 0 bridgehead atoms. The normalized spacial score (nSPS) is 28.5. The Kier molecular flexibility index (Phi) is 4.30. The largest absolute Gasteiger partial charge is 0.324 e. The fraction of sp³-hybridized carbons (Fsp3) is 0.259. The van der Waals surface area contributed by atoms with Crippen LogP contribution >= 0.6 is 0 Å². The maximum Gasteiger partial charge on any atom is 0.250 e. The Balaban J connectivity index is 1.61. The van der Waals surface area contributed by atoms with Crippen molar-refractivity contribution in [2.45, 2.75) is 30.3 Å². The molecule has 0 radical (unpaired) electrons. The van der Waals surface area contributed by atoms with Crippen LogP contribution < -0.4 is 5.32 Å². The molecular formula is C27H23FN2O2. The first-order chi connectivity index (χ1) is 15.6. The van der Waals surface area contributed by atoms with Crippen LogP contribution in [-0.2, 0) is 10.3 Å². The number of halogens is 1. The number of hydrogen-bond donors (Lipinski definition) is 1. The lowest BCUT2D eigenvalue weighted by Crippen LogP contribution is -2.52. The maximum atomic E-state index is 14.2. The third-order valence-electron chi connectivity index (χ3n) is 7.50. The Morgan fingerprint density at radius 1 is 0.969 bits per heavy atom. The van der Waals surface area contributed by atoms with Crippen molar-refractivity contribution in [3.8, 4) is 0 Å². The lowest BCUT2D eigenvalue weighted by molar-refractivity contribution is -0.127. The predicted octanol–water partition coefficient (Wildman–Crippen LogP) is 4.73. The molecule has 32 heavy (non-hydrogen) atoms. The number of nitrogens with one attached hydrogen (secondary N) is 1. The number of para-hydroxylation sites is 1. The van der Waals surface area contributed by atoms with Gasteiger partial charge in [0.2, 0.25) is 5.91 Å². The molecule has 0 aromatic heterocycles. The molecule has 3 aliphatic heterocycles. The molecule has 1 N–H and O–H groups in total. The van der Waals surface area contributed by atoms with Crippen LogP contribution in [0.5, 0.6) is 0 Å². The molecular weight excluding hydrogens is 403 g/mol. The third kappa shape index (κ3) is 2.51. The van der Waals surface area contributed by atoms with Crippen molar-refractivity contribution in [3.63, 3.8) is 0 Å². The van der Waals surface area contributed by atoms with Gasteiger partial charge in [0.25, 0.3) is 0 Å². The zero-order valence-electron chi connectivity index (χ0n) is 17.5. The predicted molar refractivity (Wildman–Crippen MR) is 120 cm³/mol. The first-order valence-corrected chi connectivity index (χ1v) is 11.1. The van der Waals surface area contributed by atoms with Crippen molar-refractivity contribution in [1.29, 1.82) is 0 Å². The smallest absolute Gasteiger partial charge is 0.250 e. The van der Waals surface area contributed by atoms with Gasteiger partial charge in [0.05, 0.1) is 5.92 Å². The van der Waals surface area contributed by atoms with E-state index in [1.54, 1.807) is 0 Å². The van der Waals surface area contributed by atoms with Crippen molar-refractivity contribution < 1.29 is 14.0 Å². The summed E-state index contributed by atoms with van der Waals surface area (Å²) in [6.07, 6.45) is 1.92. The lowest BCUT2D eigenvalue weighted by atomic mass is 9.69. The highest BCUT2D eigenvalue weighted by Crippen LogP contribution is 2.61. The summed E-state index contributed by atoms with van der Waals surface area (Å²) in [5, 5.41) is 3.07. The molecule has 2 saturated heterocycles. The van der Waals surface area contributed by atoms with Gasteiger partial charge in [-0.15, -0.1) is 0 Å². The lowest BCUT2D eigenvalue weighted by Gasteiger charge is -2.36. The second kappa shape index (κ2) is 7.10. The van der Waals surface area contributed by atoms with Crippen LogP contribution in [0, 0.1) is 11.7 Å². The number of fused-ring (bicyclic) bond motifs is 4. The fourth-order valence-corrected chi connectivity index (χ4v) is 6.36. The third-order valence-corrected chi connectivity index (χ3v) is 7.50. The van der Waals surface area contributed by atoms with Gasteiger partial charge in [0.15, 0.2) is 5.78 Å². The quantitative estimate of drug-likeness (QED) is 0.616. The number of carbonyl (C=O) groups excluding carboxylic acids is 2. The first-order valence-electron chi connectivity index (χ1n) is 11.1. The van der Waals surface area contributed by atoms with Crippen LogP contribution in [0.3, 0.4) is 0 Å². The van der Waals surface area contributed by atoms with E-state index in [1.807, 2.05) is 42.5 Å². The van der Waals surface area contributed by atoms with E-state index >= 15 is 0 Å². The highest BCUT2D eigenvalue weighted by Gasteiger charge is 2.69. The molecule has 0 aliphatic carbocycles. The van der Waals surface area contributed by atoms with Crippen LogP contribution in [0.2, 0.25) is 0 Å². The van der Waals surface area contributed by atoms with E-state index in [4.69, 9.17) is 0 Å². The van der Waals surface area contributed by atoms with Crippen LogP contribution in [0.1, 0.15) is 40.2 Å². The summed E-state index contributed by atoms with van der Waals surface area (Å²) in [5.41, 5.74) is 2.09. The SMILES string of the molecule is O=C(c1ccc(F)cc1)[C@@H]1[C@H](c2ccccc2)[C@H]2CCCN2[C@]12C(=O)Nc1ccccc12. The average Bonchev–Trinajstić information content (AvgIpc) is 3.48. The van der Waals surface area contributed by atoms with Crippen LogP contribution in [0.4, 0.5) is 10.1 Å². The van der Waals surface area contributed by atoms with E-state index < -0.39 is 11.5 Å². The highest BCUT2D eigenvalue weighted by atomic mass is 19.1. The van der Waals surface area contributed by atoms with Gasteiger partial charge in [-0.1, -0.05) is 48.5 Å². The maximum absolute atomic E-state index is 14.2. The number of Topliss-reactive ketones (excluding diaryl/α,β-unsaturated/α-hetero) is 1. The molecule has 2 fully saturated rings. The van der Waals surface area contributed by atoms with Crippen molar-refractivity contribution >= 4 is 17.4 Å². The Morgan fingerprint density at radius 2 is 1.69 bits per heavy atom. The van der Waals surface area contributed by atoms with Gasteiger partial charge in [-0.3, -0.25) is 14.5 Å². The van der Waals surface area contributed by atoms with Crippen LogP contribution in [-0.4, -0.2) is 29.2 Å². The number of amides is 1. The monoisotopic (exact) mass is 426 g/mol. The zero-order valence-corrected chi connectivity index (χ0v) is 17.5. The number of rotatable bonds is 3. The Morgan fingerprint density at radius 3 is 2.47 bits per heavy atom. The molecule has 3 aliphatic rings. The van der Waals surface area contributed by atoms with Crippen molar-refractivity contribution in [1.82, 2.24) is 4.90 Å². The molecule has 3 aromatic carbocycles. The molecule has 0 saturated carbocycles. The minimum Gasteiger partial charge on any atom is -0.324 e. The first kappa shape index (κ1) is 19.4. The van der Waals surface area contributed by atoms with E-state index in [9.17, 15) is 14.0 Å². The summed E-state index contributed by atoms with van der Waals surface area (Å²) in [6, 6.07) is 23.6. The van der Waals surface area contributed by atoms with E-state index in [2.05, 4.69) is 22.3 Å². The number of anilines is 1. The molecule has 1 amide bonds. The second-order valence-corrected chi connectivity index (χ2v) is 8.95. The van der Waals surface area contributed by atoms with E-state index in [1.165, 1.54) is 24.3 Å².